The van der Waals surface area contributed by atoms with E-state index in [2.05, 4.69) is 13.5 Å². The molecule has 1 N–H and O–H groups in total. The van der Waals surface area contributed by atoms with E-state index < -0.39 is 5.60 Å². The van der Waals surface area contributed by atoms with E-state index in [1.807, 2.05) is 26.0 Å². The van der Waals surface area contributed by atoms with Crippen LogP contribution in [0.15, 0.2) is 24.3 Å². The molecule has 0 amide bonds. The molecule has 0 unspecified atom stereocenters. The highest BCUT2D eigenvalue weighted by molar-refractivity contribution is 5.53. The van der Waals surface area contributed by atoms with Crippen molar-refractivity contribution < 1.29 is 14.6 Å². The lowest BCUT2D eigenvalue weighted by atomic mass is 9.52. The van der Waals surface area contributed by atoms with Gasteiger partial charge in [0.05, 0.1) is 19.8 Å². The van der Waals surface area contributed by atoms with Crippen molar-refractivity contribution in [2.45, 2.75) is 44.6 Å². The fraction of sp³-hybridized carbons (Fsp3) is 0.529. The summed E-state index contributed by atoms with van der Waals surface area (Å²) < 4.78 is 10.9. The third-order valence-corrected chi connectivity index (χ3v) is 4.92. The minimum Gasteiger partial charge on any atom is -0.496 e. The van der Waals surface area contributed by atoms with Gasteiger partial charge in [0.1, 0.15) is 11.5 Å². The van der Waals surface area contributed by atoms with E-state index in [4.69, 9.17) is 9.47 Å². The summed E-state index contributed by atoms with van der Waals surface area (Å²) in [6.07, 6.45) is 1.64. The molecule has 110 valence electrons. The van der Waals surface area contributed by atoms with Gasteiger partial charge in [0.2, 0.25) is 0 Å². The van der Waals surface area contributed by atoms with Crippen molar-refractivity contribution in [3.05, 3.63) is 35.4 Å². The summed E-state index contributed by atoms with van der Waals surface area (Å²) in [6.45, 7) is 9.90. The molecule has 0 radical (unpaired) electrons. The van der Waals surface area contributed by atoms with E-state index in [-0.39, 0.29) is 5.41 Å². The minimum atomic E-state index is -0.874. The van der Waals surface area contributed by atoms with Crippen LogP contribution in [-0.4, -0.2) is 24.9 Å². The monoisotopic (exact) mass is 276 g/mol. The number of aryl methyl sites for hydroxylation is 1. The van der Waals surface area contributed by atoms with Crippen LogP contribution in [0.5, 0.6) is 11.5 Å². The number of benzene rings is 1. The first kappa shape index (κ1) is 14.9. The maximum atomic E-state index is 10.9. The predicted octanol–water partition coefficient (Wildman–Crippen LogP) is 3.37. The quantitative estimate of drug-likeness (QED) is 0.857. The maximum Gasteiger partial charge on any atom is 0.123 e. The summed E-state index contributed by atoms with van der Waals surface area (Å²) >= 11 is 0. The van der Waals surface area contributed by atoms with Gasteiger partial charge in [0.25, 0.3) is 0 Å². The Morgan fingerprint density at radius 3 is 2.20 bits per heavy atom. The van der Waals surface area contributed by atoms with Crippen LogP contribution in [0.25, 0.3) is 0 Å². The summed E-state index contributed by atoms with van der Waals surface area (Å²) in [4.78, 5) is 0. The van der Waals surface area contributed by atoms with Crippen LogP contribution in [0.4, 0.5) is 0 Å². The molecule has 2 atom stereocenters. The second kappa shape index (κ2) is 4.81. The topological polar surface area (TPSA) is 38.7 Å². The largest absolute Gasteiger partial charge is 0.496 e. The third kappa shape index (κ3) is 1.84. The van der Waals surface area contributed by atoms with Crippen LogP contribution >= 0.6 is 0 Å². The van der Waals surface area contributed by atoms with Crippen LogP contribution in [0.2, 0.25) is 0 Å². The van der Waals surface area contributed by atoms with Gasteiger partial charge in [0, 0.05) is 11.0 Å². The van der Waals surface area contributed by atoms with Crippen molar-refractivity contribution in [1.82, 2.24) is 0 Å². The number of aliphatic hydroxyl groups is 1. The van der Waals surface area contributed by atoms with Crippen molar-refractivity contribution in [2.24, 2.45) is 0 Å². The van der Waals surface area contributed by atoms with Crippen LogP contribution in [0, 0.1) is 6.92 Å². The van der Waals surface area contributed by atoms with E-state index in [0.29, 0.717) is 0 Å². The number of ether oxygens (including phenoxy) is 2. The van der Waals surface area contributed by atoms with E-state index in [1.54, 1.807) is 14.2 Å². The van der Waals surface area contributed by atoms with Crippen LogP contribution < -0.4 is 9.47 Å². The number of hydrogen-bond donors (Lipinski definition) is 1. The van der Waals surface area contributed by atoms with Crippen LogP contribution in [0.3, 0.4) is 0 Å². The average Bonchev–Trinajstić information content (AvgIpc) is 2.43. The molecule has 0 aliphatic heterocycles. The average molecular weight is 276 g/mol. The molecular weight excluding hydrogens is 252 g/mol. The molecule has 0 saturated heterocycles. The number of methoxy groups -OCH3 is 2. The van der Waals surface area contributed by atoms with Crippen molar-refractivity contribution >= 4 is 0 Å². The molecule has 1 aliphatic rings. The van der Waals surface area contributed by atoms with E-state index in [0.717, 1.165) is 41.0 Å². The Bertz CT molecular complexity index is 549. The molecule has 1 aromatic rings. The Morgan fingerprint density at radius 2 is 1.80 bits per heavy atom. The highest BCUT2D eigenvalue weighted by atomic mass is 16.5. The third-order valence-electron chi connectivity index (χ3n) is 4.92. The highest BCUT2D eigenvalue weighted by Gasteiger charge is 2.57. The lowest BCUT2D eigenvalue weighted by Gasteiger charge is -2.55. The first-order valence-corrected chi connectivity index (χ1v) is 6.91. The molecule has 1 saturated carbocycles. The zero-order valence-corrected chi connectivity index (χ0v) is 13.0. The van der Waals surface area contributed by atoms with Crippen LogP contribution in [0.1, 0.15) is 37.8 Å². The molecule has 0 spiro atoms. The highest BCUT2D eigenvalue weighted by Crippen LogP contribution is 2.57. The Hall–Kier alpha value is -1.48. The molecule has 1 fully saturated rings. The first-order valence-electron chi connectivity index (χ1n) is 6.91. The van der Waals surface area contributed by atoms with E-state index in [1.165, 1.54) is 0 Å². The van der Waals surface area contributed by atoms with Gasteiger partial charge < -0.3 is 14.6 Å². The van der Waals surface area contributed by atoms with Gasteiger partial charge in [-0.05, 0) is 50.0 Å². The standard InChI is InChI=1S/C17H24O3/c1-11(2)17(18)8-7-16(17,4)13-10-14(19-5)12(3)9-15(13)20-6/h9-10,18H,1,7-8H2,2-6H3/t16-,17+/m1/s1. The molecule has 2 rings (SSSR count). The lowest BCUT2D eigenvalue weighted by Crippen LogP contribution is -2.59. The smallest absolute Gasteiger partial charge is 0.123 e. The summed E-state index contributed by atoms with van der Waals surface area (Å²) in [6, 6.07) is 3.96. The second-order valence-corrected chi connectivity index (χ2v) is 5.99. The molecular formula is C17H24O3. The Balaban J connectivity index is 2.60. The van der Waals surface area contributed by atoms with E-state index >= 15 is 0 Å². The van der Waals surface area contributed by atoms with Gasteiger partial charge in [-0.1, -0.05) is 13.5 Å². The van der Waals surface area contributed by atoms with Crippen molar-refractivity contribution in [3.8, 4) is 11.5 Å². The zero-order valence-electron chi connectivity index (χ0n) is 13.0. The summed E-state index contributed by atoms with van der Waals surface area (Å²) in [5, 5.41) is 10.9. The van der Waals surface area contributed by atoms with Gasteiger partial charge in [0.15, 0.2) is 0 Å². The summed E-state index contributed by atoms with van der Waals surface area (Å²) in [7, 11) is 3.32. The van der Waals surface area contributed by atoms with Gasteiger partial charge >= 0.3 is 0 Å². The molecule has 1 aromatic carbocycles. The van der Waals surface area contributed by atoms with Crippen LogP contribution in [-0.2, 0) is 5.41 Å². The Labute approximate surface area is 121 Å². The molecule has 0 bridgehead atoms. The second-order valence-electron chi connectivity index (χ2n) is 5.99. The maximum absolute atomic E-state index is 10.9. The molecule has 3 heteroatoms. The molecule has 1 aliphatic carbocycles. The molecule has 0 aromatic heterocycles. The van der Waals surface area contributed by atoms with Crippen molar-refractivity contribution in [2.75, 3.05) is 14.2 Å². The predicted molar refractivity (Wildman–Crippen MR) is 80.6 cm³/mol. The van der Waals surface area contributed by atoms with Gasteiger partial charge in [-0.2, -0.15) is 0 Å². The summed E-state index contributed by atoms with van der Waals surface area (Å²) in [5.41, 5.74) is 1.55. The van der Waals surface area contributed by atoms with Gasteiger partial charge in [-0.3, -0.25) is 0 Å². The lowest BCUT2D eigenvalue weighted by molar-refractivity contribution is -0.0797. The Morgan fingerprint density at radius 1 is 1.20 bits per heavy atom. The van der Waals surface area contributed by atoms with Crippen molar-refractivity contribution in [1.29, 1.82) is 0 Å². The van der Waals surface area contributed by atoms with Crippen molar-refractivity contribution in [3.63, 3.8) is 0 Å². The summed E-state index contributed by atoms with van der Waals surface area (Å²) in [5.74, 6) is 1.61. The van der Waals surface area contributed by atoms with Gasteiger partial charge in [-0.25, -0.2) is 0 Å². The molecule has 0 heterocycles. The zero-order chi connectivity index (χ0) is 15.1. The number of rotatable bonds is 4. The van der Waals surface area contributed by atoms with E-state index in [9.17, 15) is 5.11 Å². The molecule has 20 heavy (non-hydrogen) atoms. The SMILES string of the molecule is C=C(C)[C@@]1(O)CC[C@]1(C)c1cc(OC)c(C)cc1OC. The molecule has 3 nitrogen and oxygen atoms in total. The minimum absolute atomic E-state index is 0.384. The van der Waals surface area contributed by atoms with Gasteiger partial charge in [-0.15, -0.1) is 0 Å². The Kier molecular flexibility index (Phi) is 3.59. The first-order chi connectivity index (χ1) is 9.30. The normalized spacial score (nSPS) is 28.7. The fourth-order valence-electron chi connectivity index (χ4n) is 3.26. The number of hydrogen-bond acceptors (Lipinski definition) is 3. The fourth-order valence-corrected chi connectivity index (χ4v) is 3.26.